The lowest BCUT2D eigenvalue weighted by Crippen LogP contribution is -2.51. The van der Waals surface area contributed by atoms with Gasteiger partial charge in [0.15, 0.2) is 17.8 Å². The number of rotatable bonds is 14. The Morgan fingerprint density at radius 2 is 1.86 bits per heavy atom. The lowest BCUT2D eigenvalue weighted by molar-refractivity contribution is -0.0907. The largest absolute Gasteiger partial charge is 0.491 e. The van der Waals surface area contributed by atoms with Crippen molar-refractivity contribution < 1.29 is 51.8 Å². The van der Waals surface area contributed by atoms with Gasteiger partial charge < -0.3 is 44.0 Å². The van der Waals surface area contributed by atoms with Crippen LogP contribution in [0, 0.1) is 11.8 Å². The fraction of sp³-hybridized carbons (Fsp3) is 0.567. The number of sulfonamides is 1. The molecular weight excluding hydrogens is 596 g/mol. The monoisotopic (exact) mass is 636 g/mol. The van der Waals surface area contributed by atoms with Gasteiger partial charge in [-0.2, -0.15) is 4.31 Å². The van der Waals surface area contributed by atoms with E-state index in [1.54, 1.807) is 30.3 Å². The third kappa shape index (κ3) is 7.73. The number of carbonyl (C=O) groups is 1. The molecule has 242 valence electrons. The number of hydrogen-bond donors (Lipinski definition) is 3. The molecule has 0 aromatic heterocycles. The summed E-state index contributed by atoms with van der Waals surface area (Å²) in [5.41, 5.74) is 0.758. The third-order valence-corrected chi connectivity index (χ3v) is 9.52. The second-order valence-corrected chi connectivity index (χ2v) is 13.4. The van der Waals surface area contributed by atoms with Crippen LogP contribution in [-0.4, -0.2) is 99.9 Å². The highest BCUT2D eigenvalue weighted by Crippen LogP contribution is 2.35. The number of carbonyl (C=O) groups excluding carboxylic acids is 1. The van der Waals surface area contributed by atoms with Crippen LogP contribution in [0.25, 0.3) is 0 Å². The van der Waals surface area contributed by atoms with Gasteiger partial charge in [0.1, 0.15) is 18.5 Å². The molecule has 2 saturated heterocycles. The zero-order valence-electron chi connectivity index (χ0n) is 24.8. The van der Waals surface area contributed by atoms with E-state index >= 15 is 0 Å². The summed E-state index contributed by atoms with van der Waals surface area (Å²) in [4.78, 5) is 13.1. The standard InChI is InChI=1S/C30H40N2O11S/c1-19(2)15-32(44(36,37)22-7-8-26-27(14-22)42-18-41-26)16-25(34)24(13-20-3-5-21(6-4-20)38-12-10-33)31-30(35)43-28-17-40-29-23(28)9-11-39-29/h3-8,14,19,23-25,28-29,33-34H,9-13,15-18H2,1-2H3,(H,31,35). The first kappa shape index (κ1) is 32.3. The van der Waals surface area contributed by atoms with E-state index in [1.807, 2.05) is 13.8 Å². The minimum absolute atomic E-state index is 0.00607. The van der Waals surface area contributed by atoms with Crippen molar-refractivity contribution in [2.45, 2.75) is 56.1 Å². The molecule has 13 nitrogen and oxygen atoms in total. The van der Waals surface area contributed by atoms with E-state index in [9.17, 15) is 18.3 Å². The number of aliphatic hydroxyl groups is 2. The van der Waals surface area contributed by atoms with Gasteiger partial charge in [-0.05, 0) is 48.6 Å². The summed E-state index contributed by atoms with van der Waals surface area (Å²) in [6.07, 6.45) is -2.06. The molecule has 5 atom stereocenters. The van der Waals surface area contributed by atoms with Crippen LogP contribution in [0.3, 0.4) is 0 Å². The summed E-state index contributed by atoms with van der Waals surface area (Å²) in [5.74, 6) is 1.22. The molecule has 5 unspecified atom stereocenters. The fourth-order valence-electron chi connectivity index (χ4n) is 5.49. The molecule has 3 aliphatic heterocycles. The van der Waals surface area contributed by atoms with Crippen molar-refractivity contribution in [2.75, 3.05) is 46.3 Å². The van der Waals surface area contributed by atoms with Crippen LogP contribution in [0.2, 0.25) is 0 Å². The van der Waals surface area contributed by atoms with Crippen LogP contribution in [0.15, 0.2) is 47.4 Å². The molecule has 2 aromatic rings. The Morgan fingerprint density at radius 3 is 2.61 bits per heavy atom. The molecule has 3 N–H and O–H groups in total. The Balaban J connectivity index is 1.34. The Morgan fingerprint density at radius 1 is 1.09 bits per heavy atom. The summed E-state index contributed by atoms with van der Waals surface area (Å²) in [7, 11) is -4.06. The molecule has 44 heavy (non-hydrogen) atoms. The van der Waals surface area contributed by atoms with Gasteiger partial charge in [-0.15, -0.1) is 0 Å². The molecule has 1 amide bonds. The maximum atomic E-state index is 13.8. The van der Waals surface area contributed by atoms with E-state index in [-0.39, 0.29) is 62.9 Å². The van der Waals surface area contributed by atoms with E-state index in [1.165, 1.54) is 16.4 Å². The van der Waals surface area contributed by atoms with Crippen LogP contribution in [-0.2, 0) is 30.7 Å². The number of hydrogen-bond acceptors (Lipinski definition) is 11. The zero-order chi connectivity index (χ0) is 31.3. The molecule has 0 aliphatic carbocycles. The molecule has 14 heteroatoms. The highest BCUT2D eigenvalue weighted by molar-refractivity contribution is 7.89. The average molecular weight is 637 g/mol. The molecule has 2 fully saturated rings. The van der Waals surface area contributed by atoms with Crippen molar-refractivity contribution in [1.82, 2.24) is 9.62 Å². The molecule has 3 heterocycles. The lowest BCUT2D eigenvalue weighted by Gasteiger charge is -2.31. The topological polar surface area (TPSA) is 162 Å². The van der Waals surface area contributed by atoms with E-state index in [4.69, 9.17) is 33.5 Å². The summed E-state index contributed by atoms with van der Waals surface area (Å²) >= 11 is 0. The number of ether oxygens (including phenoxy) is 6. The van der Waals surface area contributed by atoms with Crippen LogP contribution >= 0.6 is 0 Å². The van der Waals surface area contributed by atoms with Crippen molar-refractivity contribution in [1.29, 1.82) is 0 Å². The third-order valence-electron chi connectivity index (χ3n) is 7.69. The highest BCUT2D eigenvalue weighted by Gasteiger charge is 2.44. The second kappa shape index (κ2) is 14.3. The zero-order valence-corrected chi connectivity index (χ0v) is 25.6. The SMILES string of the molecule is CC(C)CN(CC(O)C(Cc1ccc(OCCO)cc1)NC(=O)OC1COC2OCCC12)S(=O)(=O)c1ccc2c(c1)OCO2. The van der Waals surface area contributed by atoms with Crippen molar-refractivity contribution in [3.05, 3.63) is 48.0 Å². The van der Waals surface area contributed by atoms with Gasteiger partial charge in [-0.1, -0.05) is 26.0 Å². The first-order valence-electron chi connectivity index (χ1n) is 14.7. The average Bonchev–Trinajstić information content (AvgIpc) is 3.74. The first-order valence-corrected chi connectivity index (χ1v) is 16.2. The predicted octanol–water partition coefficient (Wildman–Crippen LogP) is 1.89. The van der Waals surface area contributed by atoms with Crippen molar-refractivity contribution in [2.24, 2.45) is 11.8 Å². The van der Waals surface area contributed by atoms with Crippen LogP contribution < -0.4 is 19.5 Å². The number of nitrogens with one attached hydrogen (secondary N) is 1. The number of amides is 1. The van der Waals surface area contributed by atoms with Crippen LogP contribution in [0.1, 0.15) is 25.8 Å². The van der Waals surface area contributed by atoms with Gasteiger partial charge in [-0.25, -0.2) is 13.2 Å². The maximum absolute atomic E-state index is 13.8. The van der Waals surface area contributed by atoms with Crippen LogP contribution in [0.5, 0.6) is 17.2 Å². The number of benzene rings is 2. The Kier molecular flexibility index (Phi) is 10.5. The van der Waals surface area contributed by atoms with Gasteiger partial charge in [0.2, 0.25) is 16.8 Å². The summed E-state index contributed by atoms with van der Waals surface area (Å²) < 4.78 is 61.8. The molecule has 0 saturated carbocycles. The van der Waals surface area contributed by atoms with Crippen LogP contribution in [0.4, 0.5) is 4.79 Å². The fourth-order valence-corrected chi connectivity index (χ4v) is 7.13. The van der Waals surface area contributed by atoms with Crippen molar-refractivity contribution in [3.63, 3.8) is 0 Å². The smallest absolute Gasteiger partial charge is 0.407 e. The number of aliphatic hydroxyl groups excluding tert-OH is 2. The highest BCUT2D eigenvalue weighted by atomic mass is 32.2. The Labute approximate surface area is 257 Å². The van der Waals surface area contributed by atoms with Gasteiger partial charge in [0.25, 0.3) is 0 Å². The van der Waals surface area contributed by atoms with E-state index in [0.29, 0.717) is 30.3 Å². The van der Waals surface area contributed by atoms with Crippen molar-refractivity contribution >= 4 is 16.1 Å². The summed E-state index contributed by atoms with van der Waals surface area (Å²) in [5, 5.41) is 23.3. The molecule has 3 aliphatic rings. The molecular formula is C30H40N2O11S. The maximum Gasteiger partial charge on any atom is 0.407 e. The van der Waals surface area contributed by atoms with Gasteiger partial charge >= 0.3 is 6.09 Å². The quantitative estimate of drug-likeness (QED) is 0.278. The van der Waals surface area contributed by atoms with Gasteiger partial charge in [0, 0.05) is 19.2 Å². The van der Waals surface area contributed by atoms with E-state index in [2.05, 4.69) is 5.32 Å². The number of nitrogens with zero attached hydrogens (tertiary/aromatic N) is 1. The van der Waals surface area contributed by atoms with E-state index in [0.717, 1.165) is 5.56 Å². The Hall–Kier alpha value is -3.14. The Bertz CT molecular complexity index is 1370. The number of fused-ring (bicyclic) bond motifs is 2. The minimum Gasteiger partial charge on any atom is -0.491 e. The summed E-state index contributed by atoms with van der Waals surface area (Å²) in [6, 6.07) is 10.5. The summed E-state index contributed by atoms with van der Waals surface area (Å²) in [6.45, 7) is 4.37. The normalized spacial score (nSPS) is 22.2. The molecule has 5 rings (SSSR count). The van der Waals surface area contributed by atoms with Gasteiger partial charge in [-0.3, -0.25) is 0 Å². The lowest BCUT2D eigenvalue weighted by atomic mass is 10.0. The minimum atomic E-state index is -4.06. The molecule has 0 radical (unpaired) electrons. The molecule has 0 spiro atoms. The first-order chi connectivity index (χ1) is 21.1. The molecule has 0 bridgehead atoms. The van der Waals surface area contributed by atoms with Gasteiger partial charge in [0.05, 0.1) is 42.8 Å². The van der Waals surface area contributed by atoms with Crippen molar-refractivity contribution in [3.8, 4) is 17.2 Å². The predicted molar refractivity (Wildman–Crippen MR) is 156 cm³/mol. The number of alkyl carbamates (subject to hydrolysis) is 1. The molecule has 2 aromatic carbocycles. The van der Waals surface area contributed by atoms with E-state index < -0.39 is 40.7 Å². The second-order valence-electron chi connectivity index (χ2n) is 11.4.